The largest absolute Gasteiger partial charge is 0.495 e. The van der Waals surface area contributed by atoms with Gasteiger partial charge in [-0.1, -0.05) is 36.1 Å². The zero-order valence-corrected chi connectivity index (χ0v) is 22.6. The summed E-state index contributed by atoms with van der Waals surface area (Å²) >= 11 is 0. The van der Waals surface area contributed by atoms with E-state index in [9.17, 15) is 19.5 Å². The molecular formula is C31H31N3O6. The van der Waals surface area contributed by atoms with Gasteiger partial charge in [0.1, 0.15) is 11.5 Å². The summed E-state index contributed by atoms with van der Waals surface area (Å²) in [5.41, 5.74) is 3.56. The van der Waals surface area contributed by atoms with E-state index >= 15 is 0 Å². The van der Waals surface area contributed by atoms with Crippen LogP contribution in [0.4, 0.5) is 16.2 Å². The number of nitrogens with one attached hydrogen (secondary N) is 2. The summed E-state index contributed by atoms with van der Waals surface area (Å²) in [4.78, 5) is 38.8. The van der Waals surface area contributed by atoms with Crippen molar-refractivity contribution in [3.8, 4) is 23.3 Å². The van der Waals surface area contributed by atoms with Crippen LogP contribution in [0.1, 0.15) is 39.9 Å². The van der Waals surface area contributed by atoms with Crippen LogP contribution in [0.15, 0.2) is 60.7 Å². The van der Waals surface area contributed by atoms with Crippen LogP contribution in [-0.2, 0) is 11.2 Å². The first-order valence-electron chi connectivity index (χ1n) is 12.8. The number of ether oxygens (including phenoxy) is 2. The molecule has 4 rings (SSSR count). The molecule has 0 aliphatic carbocycles. The third-order valence-corrected chi connectivity index (χ3v) is 6.66. The van der Waals surface area contributed by atoms with E-state index in [1.165, 1.54) is 26.4 Å². The van der Waals surface area contributed by atoms with Crippen LogP contribution in [-0.4, -0.2) is 54.7 Å². The fourth-order valence-electron chi connectivity index (χ4n) is 4.52. The zero-order valence-electron chi connectivity index (χ0n) is 22.6. The minimum Gasteiger partial charge on any atom is -0.495 e. The second-order valence-electron chi connectivity index (χ2n) is 9.34. The maximum Gasteiger partial charge on any atom is 0.335 e. The maximum atomic E-state index is 13.2. The number of carboxylic acid groups (broad SMARTS) is 1. The Bertz CT molecular complexity index is 1490. The third kappa shape index (κ3) is 6.72. The van der Waals surface area contributed by atoms with Crippen molar-refractivity contribution in [3.05, 3.63) is 82.9 Å². The average molecular weight is 542 g/mol. The Kier molecular flexibility index (Phi) is 8.92. The molecule has 3 N–H and O–H groups in total. The quantitative estimate of drug-likeness (QED) is 0.365. The second-order valence-corrected chi connectivity index (χ2v) is 9.34. The highest BCUT2D eigenvalue weighted by Crippen LogP contribution is 2.27. The number of carbonyl (C=O) groups excluding carboxylic acids is 2. The van der Waals surface area contributed by atoms with E-state index in [0.29, 0.717) is 35.0 Å². The number of urea groups is 1. The number of rotatable bonds is 7. The molecule has 3 amide bonds. The van der Waals surface area contributed by atoms with Crippen molar-refractivity contribution < 1.29 is 29.0 Å². The van der Waals surface area contributed by atoms with Crippen LogP contribution in [0.5, 0.6) is 11.5 Å². The van der Waals surface area contributed by atoms with Crippen LogP contribution in [0, 0.1) is 18.8 Å². The molecule has 9 heteroatoms. The summed E-state index contributed by atoms with van der Waals surface area (Å²) in [7, 11) is 2.97. The first kappa shape index (κ1) is 28.0. The topological polar surface area (TPSA) is 117 Å². The fraction of sp³-hybridized carbons (Fsp3) is 0.258. The third-order valence-electron chi connectivity index (χ3n) is 6.66. The molecule has 1 unspecified atom stereocenters. The highest BCUT2D eigenvalue weighted by molar-refractivity contribution is 6.01. The van der Waals surface area contributed by atoms with Crippen LogP contribution >= 0.6 is 0 Å². The summed E-state index contributed by atoms with van der Waals surface area (Å²) in [5.74, 6) is 5.93. The molecule has 0 spiro atoms. The van der Waals surface area contributed by atoms with Crippen molar-refractivity contribution in [1.82, 2.24) is 4.90 Å². The molecule has 1 aliphatic heterocycles. The Balaban J connectivity index is 1.42. The summed E-state index contributed by atoms with van der Waals surface area (Å²) in [6, 6.07) is 16.6. The van der Waals surface area contributed by atoms with E-state index in [0.717, 1.165) is 24.0 Å². The van der Waals surface area contributed by atoms with Gasteiger partial charge in [0.25, 0.3) is 0 Å². The molecule has 3 aromatic rings. The van der Waals surface area contributed by atoms with Gasteiger partial charge in [0, 0.05) is 12.2 Å². The number of hydrogen-bond donors (Lipinski definition) is 3. The Labute approximate surface area is 233 Å². The fourth-order valence-corrected chi connectivity index (χ4v) is 4.52. The molecule has 3 aromatic carbocycles. The average Bonchev–Trinajstić information content (AvgIpc) is 3.42. The summed E-state index contributed by atoms with van der Waals surface area (Å²) in [5, 5.41) is 14.8. The number of aromatic carboxylic acids is 1. The first-order chi connectivity index (χ1) is 19.3. The lowest BCUT2D eigenvalue weighted by molar-refractivity contribution is -0.130. The van der Waals surface area contributed by atoms with Gasteiger partial charge in [-0.05, 0) is 67.3 Å². The van der Waals surface area contributed by atoms with E-state index in [1.54, 1.807) is 29.2 Å². The number of likely N-dealkylation sites (tertiary alicyclic amines) is 1. The lowest BCUT2D eigenvalue weighted by Gasteiger charge is -2.21. The summed E-state index contributed by atoms with van der Waals surface area (Å²) < 4.78 is 10.8. The van der Waals surface area contributed by atoms with Crippen LogP contribution in [0.2, 0.25) is 0 Å². The van der Waals surface area contributed by atoms with Gasteiger partial charge in [0.2, 0.25) is 5.91 Å². The molecule has 1 atom stereocenters. The monoisotopic (exact) mass is 541 g/mol. The zero-order chi connectivity index (χ0) is 28.6. The molecule has 1 fully saturated rings. The summed E-state index contributed by atoms with van der Waals surface area (Å²) in [6.45, 7) is 2.51. The first-order valence-corrected chi connectivity index (χ1v) is 12.8. The molecule has 0 radical (unpaired) electrons. The standard InChI is InChI=1S/C31H31N3O6/c1-20-7-4-5-9-25(20)32-31(38)33-26-15-10-21(17-28(26)40-3)18-29(35)34-16-6-8-24(34)14-13-22-11-12-23(30(36)37)19-27(22)39-2/h4-5,7,9-12,15,17,19,24H,6,8,16,18H2,1-3H3,(H,36,37)(H2,32,33,38). The minimum atomic E-state index is -1.05. The van der Waals surface area contributed by atoms with Gasteiger partial charge in [-0.2, -0.15) is 0 Å². The van der Waals surface area contributed by atoms with Gasteiger partial charge in [-0.25, -0.2) is 9.59 Å². The Morgan fingerprint density at radius 3 is 2.45 bits per heavy atom. The van der Waals surface area contributed by atoms with Crippen LogP contribution in [0.25, 0.3) is 0 Å². The highest BCUT2D eigenvalue weighted by atomic mass is 16.5. The number of carboxylic acids is 1. The number of anilines is 2. The SMILES string of the molecule is COc1cc(C(=O)O)ccc1C#CC1CCCN1C(=O)Cc1ccc(NC(=O)Nc2ccccc2C)c(OC)c1. The highest BCUT2D eigenvalue weighted by Gasteiger charge is 2.27. The van der Waals surface area contributed by atoms with Gasteiger partial charge < -0.3 is 30.1 Å². The van der Waals surface area contributed by atoms with E-state index in [1.807, 2.05) is 31.2 Å². The van der Waals surface area contributed by atoms with Crippen molar-refractivity contribution in [2.24, 2.45) is 0 Å². The van der Waals surface area contributed by atoms with Gasteiger partial charge >= 0.3 is 12.0 Å². The molecule has 0 aromatic heterocycles. The van der Waals surface area contributed by atoms with Gasteiger partial charge in [0.05, 0.1) is 43.5 Å². The second kappa shape index (κ2) is 12.7. The molecule has 0 bridgehead atoms. The number of carbonyl (C=O) groups is 3. The van der Waals surface area contributed by atoms with Gasteiger partial charge in [-0.15, -0.1) is 0 Å². The smallest absolute Gasteiger partial charge is 0.335 e. The number of hydrogen-bond acceptors (Lipinski definition) is 5. The number of aryl methyl sites for hydroxylation is 1. The summed E-state index contributed by atoms with van der Waals surface area (Å²) in [6.07, 6.45) is 1.74. The Hall–Kier alpha value is -4.97. The number of methoxy groups -OCH3 is 2. The minimum absolute atomic E-state index is 0.0648. The molecule has 40 heavy (non-hydrogen) atoms. The van der Waals surface area contributed by atoms with Crippen molar-refractivity contribution in [2.45, 2.75) is 32.2 Å². The number of amides is 3. The number of para-hydroxylation sites is 1. The molecule has 1 heterocycles. The predicted octanol–water partition coefficient (Wildman–Crippen LogP) is 4.94. The molecule has 1 saturated heterocycles. The molecule has 9 nitrogen and oxygen atoms in total. The van der Waals surface area contributed by atoms with E-state index in [4.69, 9.17) is 9.47 Å². The van der Waals surface area contributed by atoms with Crippen LogP contribution < -0.4 is 20.1 Å². The van der Waals surface area contributed by atoms with Crippen molar-refractivity contribution >= 4 is 29.3 Å². The molecule has 1 aliphatic rings. The van der Waals surface area contributed by atoms with E-state index < -0.39 is 12.0 Å². The van der Waals surface area contributed by atoms with E-state index in [-0.39, 0.29) is 23.9 Å². The van der Waals surface area contributed by atoms with Gasteiger partial charge in [0.15, 0.2) is 0 Å². The lowest BCUT2D eigenvalue weighted by atomic mass is 10.1. The van der Waals surface area contributed by atoms with Crippen LogP contribution in [0.3, 0.4) is 0 Å². The van der Waals surface area contributed by atoms with E-state index in [2.05, 4.69) is 22.5 Å². The van der Waals surface area contributed by atoms with Gasteiger partial charge in [-0.3, -0.25) is 4.79 Å². The Morgan fingerprint density at radius 1 is 0.975 bits per heavy atom. The predicted molar refractivity (Wildman–Crippen MR) is 152 cm³/mol. The van der Waals surface area contributed by atoms with Crippen molar-refractivity contribution in [3.63, 3.8) is 0 Å². The molecular weight excluding hydrogens is 510 g/mol. The maximum absolute atomic E-state index is 13.2. The molecule has 0 saturated carbocycles. The van der Waals surface area contributed by atoms with Crippen molar-refractivity contribution in [1.29, 1.82) is 0 Å². The lowest BCUT2D eigenvalue weighted by Crippen LogP contribution is -2.35. The van der Waals surface area contributed by atoms with Crippen molar-refractivity contribution in [2.75, 3.05) is 31.4 Å². The normalized spacial score (nSPS) is 14.1. The Morgan fingerprint density at radius 2 is 1.73 bits per heavy atom. The number of benzene rings is 3. The molecule has 206 valence electrons. The number of nitrogens with zero attached hydrogens (tertiary/aromatic N) is 1.